The Morgan fingerprint density at radius 1 is 1.25 bits per heavy atom. The molecule has 11 nitrogen and oxygen atoms in total. The molecule has 0 saturated heterocycles. The number of nitrogens with one attached hydrogen (secondary N) is 1. The summed E-state index contributed by atoms with van der Waals surface area (Å²) in [5.41, 5.74) is 0. The Morgan fingerprint density at radius 3 is 2.10 bits per heavy atom. The Labute approximate surface area is 113 Å². The molecule has 0 unspecified atom stereocenters. The van der Waals surface area contributed by atoms with E-state index in [-0.39, 0.29) is 0 Å². The van der Waals surface area contributed by atoms with Gasteiger partial charge in [0.1, 0.15) is 18.3 Å². The average Bonchev–Trinajstić information content (AvgIpc) is 2.31. The van der Waals surface area contributed by atoms with Gasteiger partial charge >= 0.3 is 10.4 Å². The Hall–Kier alpha value is -1.15. The predicted molar refractivity (Wildman–Crippen MR) is 60.4 cm³/mol. The minimum atomic E-state index is -5.19. The smallest absolute Gasteiger partial charge is 0.394 e. The highest BCUT2D eigenvalue weighted by Crippen LogP contribution is 2.12. The molecule has 0 aliphatic carbocycles. The fraction of sp³-hybridized carbons (Fsp3) is 0.750. The molecule has 0 heterocycles. The van der Waals surface area contributed by atoms with E-state index in [1.807, 2.05) is 0 Å². The van der Waals surface area contributed by atoms with E-state index in [2.05, 4.69) is 4.18 Å². The fourth-order valence-electron chi connectivity index (χ4n) is 1.16. The van der Waals surface area contributed by atoms with Gasteiger partial charge in [-0.2, -0.15) is 8.42 Å². The SMILES string of the molecule is CC(=O)NC(=O)[C@H](O)[C@@H](OS(=O)(=O)O)[C@H](O)[C@H](O)CO. The highest BCUT2D eigenvalue weighted by molar-refractivity contribution is 7.80. The number of rotatable bonds is 7. The molecule has 0 aliphatic heterocycles. The topological polar surface area (TPSA) is 191 Å². The third-order valence-corrected chi connectivity index (χ3v) is 2.50. The van der Waals surface area contributed by atoms with Gasteiger partial charge in [-0.1, -0.05) is 0 Å². The molecule has 0 fully saturated rings. The molecular weight excluding hydrogens is 302 g/mol. The summed E-state index contributed by atoms with van der Waals surface area (Å²) in [6.45, 7) is -0.129. The van der Waals surface area contributed by atoms with Crippen LogP contribution in [0.1, 0.15) is 6.92 Å². The van der Waals surface area contributed by atoms with Crippen molar-refractivity contribution < 1.29 is 47.2 Å². The molecule has 0 aliphatic rings. The van der Waals surface area contributed by atoms with Gasteiger partial charge in [-0.05, 0) is 0 Å². The lowest BCUT2D eigenvalue weighted by Gasteiger charge is -2.27. The maximum Gasteiger partial charge on any atom is 0.397 e. The molecule has 4 atom stereocenters. The summed E-state index contributed by atoms with van der Waals surface area (Å²) in [5, 5.41) is 38.3. The molecule has 118 valence electrons. The Kier molecular flexibility index (Phi) is 7.15. The van der Waals surface area contributed by atoms with E-state index in [4.69, 9.17) is 14.8 Å². The van der Waals surface area contributed by atoms with Crippen LogP contribution in [0.25, 0.3) is 0 Å². The molecule has 0 saturated carbocycles. The fourth-order valence-corrected chi connectivity index (χ4v) is 1.66. The number of imide groups is 1. The van der Waals surface area contributed by atoms with Gasteiger partial charge in [-0.3, -0.25) is 19.5 Å². The first-order valence-electron chi connectivity index (χ1n) is 5.11. The molecule has 6 N–H and O–H groups in total. The van der Waals surface area contributed by atoms with Gasteiger partial charge in [0.2, 0.25) is 5.91 Å². The first-order valence-corrected chi connectivity index (χ1v) is 6.48. The summed E-state index contributed by atoms with van der Waals surface area (Å²) in [7, 11) is -5.19. The lowest BCUT2D eigenvalue weighted by Crippen LogP contribution is -2.54. The molecule has 0 aromatic rings. The third-order valence-electron chi connectivity index (χ3n) is 2.03. The van der Waals surface area contributed by atoms with Crippen LogP contribution in [-0.2, 0) is 24.2 Å². The van der Waals surface area contributed by atoms with Gasteiger partial charge in [-0.15, -0.1) is 0 Å². The normalized spacial score (nSPS) is 17.9. The van der Waals surface area contributed by atoms with Crippen LogP contribution in [0.4, 0.5) is 0 Å². The Morgan fingerprint density at radius 2 is 1.75 bits per heavy atom. The maximum atomic E-state index is 11.3. The molecule has 12 heteroatoms. The second-order valence-electron chi connectivity index (χ2n) is 3.72. The van der Waals surface area contributed by atoms with E-state index in [1.165, 1.54) is 0 Å². The molecule has 2 amide bonds. The molecule has 0 aromatic carbocycles. The first kappa shape index (κ1) is 18.9. The van der Waals surface area contributed by atoms with Gasteiger partial charge < -0.3 is 20.4 Å². The molecule has 0 bridgehead atoms. The van der Waals surface area contributed by atoms with E-state index in [9.17, 15) is 28.2 Å². The van der Waals surface area contributed by atoms with Gasteiger partial charge in [0.15, 0.2) is 6.10 Å². The zero-order valence-corrected chi connectivity index (χ0v) is 11.0. The Balaban J connectivity index is 5.20. The molecule has 0 rings (SSSR count). The highest BCUT2D eigenvalue weighted by atomic mass is 32.3. The van der Waals surface area contributed by atoms with Crippen LogP contribution in [0.15, 0.2) is 0 Å². The van der Waals surface area contributed by atoms with Crippen LogP contribution < -0.4 is 5.32 Å². The van der Waals surface area contributed by atoms with E-state index < -0.39 is 53.2 Å². The van der Waals surface area contributed by atoms with Crippen molar-refractivity contribution in [3.63, 3.8) is 0 Å². The second-order valence-corrected chi connectivity index (χ2v) is 4.77. The van der Waals surface area contributed by atoms with Crippen molar-refractivity contribution in [2.24, 2.45) is 0 Å². The number of carbonyl (C=O) groups excluding carboxylic acids is 2. The van der Waals surface area contributed by atoms with E-state index in [0.717, 1.165) is 6.92 Å². The van der Waals surface area contributed by atoms with Crippen LogP contribution in [0.3, 0.4) is 0 Å². The van der Waals surface area contributed by atoms with Crippen LogP contribution in [0, 0.1) is 0 Å². The minimum absolute atomic E-state index is 0.892. The standard InChI is InChI=1S/C8H15NO10S/c1-3(11)9-8(15)6(14)7(19-20(16,17)18)5(13)4(12)2-10/h4-7,10,12-14H,2H2,1H3,(H,9,11,15)(H,16,17,18)/t4-,5-,6-,7+/m1/s1. The predicted octanol–water partition coefficient (Wildman–Crippen LogP) is -4.09. The zero-order chi connectivity index (χ0) is 16.1. The van der Waals surface area contributed by atoms with Gasteiger partial charge in [0.05, 0.1) is 6.61 Å². The van der Waals surface area contributed by atoms with Crippen molar-refractivity contribution >= 4 is 22.2 Å². The lowest BCUT2D eigenvalue weighted by molar-refractivity contribution is -0.147. The van der Waals surface area contributed by atoms with E-state index >= 15 is 0 Å². The molecule has 0 spiro atoms. The minimum Gasteiger partial charge on any atom is -0.394 e. The summed E-state index contributed by atoms with van der Waals surface area (Å²) >= 11 is 0. The van der Waals surface area contributed by atoms with Gasteiger partial charge in [0, 0.05) is 6.92 Å². The third kappa shape index (κ3) is 6.33. The summed E-state index contributed by atoms with van der Waals surface area (Å²) in [6.07, 6.45) is -8.97. The molecular formula is C8H15NO10S. The monoisotopic (exact) mass is 317 g/mol. The van der Waals surface area contributed by atoms with Gasteiger partial charge in [0.25, 0.3) is 5.91 Å². The number of amides is 2. The largest absolute Gasteiger partial charge is 0.397 e. The van der Waals surface area contributed by atoms with Crippen molar-refractivity contribution in [2.45, 2.75) is 31.3 Å². The van der Waals surface area contributed by atoms with Gasteiger partial charge in [-0.25, -0.2) is 4.18 Å². The number of aliphatic hydroxyl groups is 4. The lowest BCUT2D eigenvalue weighted by atomic mass is 10.0. The van der Waals surface area contributed by atoms with Crippen LogP contribution in [0.2, 0.25) is 0 Å². The number of carbonyl (C=O) groups is 2. The van der Waals surface area contributed by atoms with Crippen molar-refractivity contribution in [3.05, 3.63) is 0 Å². The average molecular weight is 317 g/mol. The summed E-state index contributed by atoms with van der Waals surface area (Å²) in [6, 6.07) is 0. The second kappa shape index (κ2) is 7.58. The number of hydrogen-bond donors (Lipinski definition) is 6. The zero-order valence-electron chi connectivity index (χ0n) is 10.2. The van der Waals surface area contributed by atoms with Crippen LogP contribution in [0.5, 0.6) is 0 Å². The van der Waals surface area contributed by atoms with Crippen molar-refractivity contribution in [1.82, 2.24) is 5.32 Å². The quantitative estimate of drug-likeness (QED) is 0.252. The molecule has 20 heavy (non-hydrogen) atoms. The summed E-state index contributed by atoms with van der Waals surface area (Å²) in [5.74, 6) is -2.33. The van der Waals surface area contributed by atoms with Crippen molar-refractivity contribution in [2.75, 3.05) is 6.61 Å². The maximum absolute atomic E-state index is 11.3. The summed E-state index contributed by atoms with van der Waals surface area (Å²) in [4.78, 5) is 21.9. The highest BCUT2D eigenvalue weighted by Gasteiger charge is 2.39. The van der Waals surface area contributed by atoms with E-state index in [0.29, 0.717) is 0 Å². The Bertz CT molecular complexity index is 448. The van der Waals surface area contributed by atoms with Crippen molar-refractivity contribution in [3.8, 4) is 0 Å². The van der Waals surface area contributed by atoms with Crippen molar-refractivity contribution in [1.29, 1.82) is 0 Å². The van der Waals surface area contributed by atoms with Crippen LogP contribution >= 0.6 is 0 Å². The first-order chi connectivity index (χ1) is 8.99. The molecule has 0 aromatic heterocycles. The van der Waals surface area contributed by atoms with Crippen LogP contribution in [-0.4, -0.2) is 76.2 Å². The van der Waals surface area contributed by atoms with E-state index in [1.54, 1.807) is 5.32 Å². The molecule has 0 radical (unpaired) electrons. The number of hydrogen-bond acceptors (Lipinski definition) is 9. The number of aliphatic hydroxyl groups excluding tert-OH is 4. The summed E-state index contributed by atoms with van der Waals surface area (Å²) < 4.78 is 33.5.